The first-order chi connectivity index (χ1) is 10.1. The predicted octanol–water partition coefficient (Wildman–Crippen LogP) is 2.26. The van der Waals surface area contributed by atoms with Gasteiger partial charge in [0.1, 0.15) is 5.75 Å². The average molecular weight is 293 g/mol. The first-order valence-corrected chi connectivity index (χ1v) is 7.45. The van der Waals surface area contributed by atoms with Crippen LogP contribution in [0, 0.1) is 0 Å². The third-order valence-electron chi connectivity index (χ3n) is 3.53. The van der Waals surface area contributed by atoms with Crippen LogP contribution in [0.2, 0.25) is 0 Å². The van der Waals surface area contributed by atoms with Crippen LogP contribution in [-0.4, -0.2) is 54.9 Å². The molecule has 0 amide bonds. The van der Waals surface area contributed by atoms with Crippen LogP contribution in [0.1, 0.15) is 30.1 Å². The number of carbonyl (C=O) groups is 1. The summed E-state index contributed by atoms with van der Waals surface area (Å²) in [6.07, 6.45) is 2.34. The lowest BCUT2D eigenvalue weighted by atomic mass is 10.2. The standard InChI is InChI=1S/C16H23NO4/c1-13-12-17(8-2-10-20-13)9-3-11-21-15-6-4-14(5-7-15)16(18)19/h4-7,13H,2-3,8-12H2,1H3,(H,18,19). The summed E-state index contributed by atoms with van der Waals surface area (Å²) in [5, 5.41) is 8.82. The van der Waals surface area contributed by atoms with Gasteiger partial charge >= 0.3 is 5.97 Å². The van der Waals surface area contributed by atoms with Crippen molar-refractivity contribution in [3.05, 3.63) is 29.8 Å². The van der Waals surface area contributed by atoms with Gasteiger partial charge in [0.05, 0.1) is 18.3 Å². The summed E-state index contributed by atoms with van der Waals surface area (Å²) < 4.78 is 11.3. The molecule has 1 atom stereocenters. The molecule has 1 aromatic carbocycles. The van der Waals surface area contributed by atoms with Gasteiger partial charge in [0, 0.05) is 26.2 Å². The van der Waals surface area contributed by atoms with Crippen molar-refractivity contribution in [2.75, 3.05) is 32.8 Å². The van der Waals surface area contributed by atoms with Gasteiger partial charge in [0.2, 0.25) is 0 Å². The third-order valence-corrected chi connectivity index (χ3v) is 3.53. The normalized spacial score (nSPS) is 20.0. The molecule has 0 spiro atoms. The highest BCUT2D eigenvalue weighted by Gasteiger charge is 2.14. The quantitative estimate of drug-likeness (QED) is 0.815. The van der Waals surface area contributed by atoms with E-state index in [1.54, 1.807) is 24.3 Å². The van der Waals surface area contributed by atoms with Gasteiger partial charge in [-0.1, -0.05) is 0 Å². The molecule has 1 aliphatic rings. The number of benzene rings is 1. The zero-order chi connectivity index (χ0) is 15.1. The van der Waals surface area contributed by atoms with Gasteiger partial charge in [-0.25, -0.2) is 4.79 Å². The highest BCUT2D eigenvalue weighted by Crippen LogP contribution is 2.13. The molecule has 1 fully saturated rings. The van der Waals surface area contributed by atoms with Crippen molar-refractivity contribution in [2.24, 2.45) is 0 Å². The molecule has 1 N–H and O–H groups in total. The second-order valence-electron chi connectivity index (χ2n) is 5.37. The van der Waals surface area contributed by atoms with E-state index < -0.39 is 5.97 Å². The molecule has 0 radical (unpaired) electrons. The van der Waals surface area contributed by atoms with E-state index in [1.165, 1.54) is 0 Å². The molecule has 5 heteroatoms. The zero-order valence-electron chi connectivity index (χ0n) is 12.5. The molecule has 1 saturated heterocycles. The summed E-state index contributed by atoms with van der Waals surface area (Å²) in [6.45, 7) is 6.66. The second-order valence-corrected chi connectivity index (χ2v) is 5.37. The average Bonchev–Trinajstić information content (AvgIpc) is 2.68. The fourth-order valence-electron chi connectivity index (χ4n) is 2.46. The van der Waals surface area contributed by atoms with Crippen molar-refractivity contribution in [1.82, 2.24) is 4.90 Å². The lowest BCUT2D eigenvalue weighted by Gasteiger charge is -2.21. The number of carboxylic acids is 1. The van der Waals surface area contributed by atoms with Gasteiger partial charge in [-0.15, -0.1) is 0 Å². The van der Waals surface area contributed by atoms with Crippen molar-refractivity contribution in [3.8, 4) is 5.75 Å². The molecular formula is C16H23NO4. The highest BCUT2D eigenvalue weighted by molar-refractivity contribution is 5.87. The minimum absolute atomic E-state index is 0.279. The van der Waals surface area contributed by atoms with Crippen LogP contribution in [0.15, 0.2) is 24.3 Å². The Kier molecular flexibility index (Phi) is 6.02. The summed E-state index contributed by atoms with van der Waals surface area (Å²) in [6, 6.07) is 6.52. The molecule has 1 heterocycles. The first-order valence-electron chi connectivity index (χ1n) is 7.45. The molecule has 0 aliphatic carbocycles. The van der Waals surface area contributed by atoms with Crippen LogP contribution in [-0.2, 0) is 4.74 Å². The van der Waals surface area contributed by atoms with Crippen LogP contribution in [0.25, 0.3) is 0 Å². The van der Waals surface area contributed by atoms with E-state index in [0.717, 1.165) is 39.1 Å². The Bertz CT molecular complexity index is 446. The number of carboxylic acid groups (broad SMARTS) is 1. The number of nitrogens with zero attached hydrogens (tertiary/aromatic N) is 1. The van der Waals surface area contributed by atoms with Crippen LogP contribution < -0.4 is 4.74 Å². The van der Waals surface area contributed by atoms with Gasteiger partial charge in [0.15, 0.2) is 0 Å². The number of hydrogen-bond donors (Lipinski definition) is 1. The first kappa shape index (κ1) is 15.8. The minimum atomic E-state index is -0.918. The summed E-state index contributed by atoms with van der Waals surface area (Å²) in [5.74, 6) is -0.202. The maximum atomic E-state index is 10.7. The Morgan fingerprint density at radius 1 is 1.43 bits per heavy atom. The van der Waals surface area contributed by atoms with Gasteiger partial charge < -0.3 is 19.5 Å². The molecule has 5 nitrogen and oxygen atoms in total. The van der Waals surface area contributed by atoms with E-state index >= 15 is 0 Å². The number of hydrogen-bond acceptors (Lipinski definition) is 4. The van der Waals surface area contributed by atoms with Crippen LogP contribution in [0.5, 0.6) is 5.75 Å². The fourth-order valence-corrected chi connectivity index (χ4v) is 2.46. The Morgan fingerprint density at radius 3 is 2.90 bits per heavy atom. The topological polar surface area (TPSA) is 59.0 Å². The molecular weight excluding hydrogens is 270 g/mol. The number of rotatable bonds is 6. The lowest BCUT2D eigenvalue weighted by Crippen LogP contribution is -2.31. The van der Waals surface area contributed by atoms with Crippen molar-refractivity contribution in [3.63, 3.8) is 0 Å². The van der Waals surface area contributed by atoms with E-state index in [0.29, 0.717) is 18.5 Å². The Balaban J connectivity index is 1.68. The molecule has 116 valence electrons. The number of ether oxygens (including phenoxy) is 2. The van der Waals surface area contributed by atoms with Gasteiger partial charge in [-0.05, 0) is 44.0 Å². The molecule has 1 aliphatic heterocycles. The number of aromatic carboxylic acids is 1. The molecule has 2 rings (SSSR count). The summed E-state index contributed by atoms with van der Waals surface area (Å²) in [7, 11) is 0. The van der Waals surface area contributed by atoms with E-state index in [4.69, 9.17) is 14.6 Å². The van der Waals surface area contributed by atoms with E-state index in [2.05, 4.69) is 11.8 Å². The van der Waals surface area contributed by atoms with Crippen LogP contribution >= 0.6 is 0 Å². The van der Waals surface area contributed by atoms with Crippen molar-refractivity contribution in [1.29, 1.82) is 0 Å². The van der Waals surface area contributed by atoms with Gasteiger partial charge in [-0.3, -0.25) is 0 Å². The predicted molar refractivity (Wildman–Crippen MR) is 80.0 cm³/mol. The molecule has 0 aromatic heterocycles. The molecule has 0 bridgehead atoms. The monoisotopic (exact) mass is 293 g/mol. The third kappa shape index (κ3) is 5.36. The largest absolute Gasteiger partial charge is 0.494 e. The van der Waals surface area contributed by atoms with E-state index in [1.807, 2.05) is 0 Å². The fraction of sp³-hybridized carbons (Fsp3) is 0.562. The maximum absolute atomic E-state index is 10.7. The minimum Gasteiger partial charge on any atom is -0.494 e. The Morgan fingerprint density at radius 2 is 2.19 bits per heavy atom. The van der Waals surface area contributed by atoms with E-state index in [9.17, 15) is 4.79 Å². The van der Waals surface area contributed by atoms with Crippen molar-refractivity contribution < 1.29 is 19.4 Å². The summed E-state index contributed by atoms with van der Waals surface area (Å²) in [5.41, 5.74) is 0.279. The summed E-state index contributed by atoms with van der Waals surface area (Å²) in [4.78, 5) is 13.2. The van der Waals surface area contributed by atoms with Crippen LogP contribution in [0.3, 0.4) is 0 Å². The highest BCUT2D eigenvalue weighted by atomic mass is 16.5. The molecule has 0 saturated carbocycles. The lowest BCUT2D eigenvalue weighted by molar-refractivity contribution is 0.0669. The Labute approximate surface area is 125 Å². The van der Waals surface area contributed by atoms with Crippen LogP contribution in [0.4, 0.5) is 0 Å². The van der Waals surface area contributed by atoms with Crippen molar-refractivity contribution >= 4 is 5.97 Å². The summed E-state index contributed by atoms with van der Waals surface area (Å²) >= 11 is 0. The smallest absolute Gasteiger partial charge is 0.335 e. The van der Waals surface area contributed by atoms with Gasteiger partial charge in [-0.2, -0.15) is 0 Å². The van der Waals surface area contributed by atoms with Gasteiger partial charge in [0.25, 0.3) is 0 Å². The zero-order valence-corrected chi connectivity index (χ0v) is 12.5. The second kappa shape index (κ2) is 8.00. The van der Waals surface area contributed by atoms with Crippen molar-refractivity contribution in [2.45, 2.75) is 25.9 Å². The van der Waals surface area contributed by atoms with E-state index in [-0.39, 0.29) is 5.56 Å². The molecule has 1 unspecified atom stereocenters. The molecule has 21 heavy (non-hydrogen) atoms. The SMILES string of the molecule is CC1CN(CCCOc2ccc(C(=O)O)cc2)CCCO1. The maximum Gasteiger partial charge on any atom is 0.335 e. The Hall–Kier alpha value is -1.59. The molecule has 1 aromatic rings.